The minimum absolute atomic E-state index is 0.00145. The molecule has 0 unspecified atom stereocenters. The molecule has 0 aromatic heterocycles. The largest absolute Gasteiger partial charge is 0.467 e. The lowest BCUT2D eigenvalue weighted by Gasteiger charge is -2.33. The van der Waals surface area contributed by atoms with Crippen molar-refractivity contribution >= 4 is 112 Å². The summed E-state index contributed by atoms with van der Waals surface area (Å²) in [5.74, 6) is -3.68. The molecule has 16 radical (unpaired) electrons. The van der Waals surface area contributed by atoms with Gasteiger partial charge in [0.05, 0.1) is 32.9 Å². The van der Waals surface area contributed by atoms with E-state index in [1.165, 1.54) is 31.4 Å². The third-order valence-electron chi connectivity index (χ3n) is 5.47. The minimum Gasteiger partial charge on any atom is -0.467 e. The summed E-state index contributed by atoms with van der Waals surface area (Å²) < 4.78 is 38.0. The predicted molar refractivity (Wildman–Crippen MR) is 139 cm³/mol. The predicted octanol–water partition coefficient (Wildman–Crippen LogP) is -6.02. The van der Waals surface area contributed by atoms with E-state index in [1.807, 2.05) is 0 Å². The smallest absolute Gasteiger partial charge is 0.337 e. The monoisotopic (exact) mass is 483 g/mol. The van der Waals surface area contributed by atoms with E-state index in [1.54, 1.807) is 0 Å². The topological polar surface area (TPSA) is 122 Å². The van der Waals surface area contributed by atoms with Gasteiger partial charge >= 0.3 is 16.1 Å². The van der Waals surface area contributed by atoms with Crippen molar-refractivity contribution in [1.82, 2.24) is 0 Å². The molecule has 162 valence electrons. The van der Waals surface area contributed by atoms with Gasteiger partial charge in [-0.2, -0.15) is 8.42 Å². The molecule has 0 aliphatic carbocycles. The minimum atomic E-state index is -5.22. The van der Waals surface area contributed by atoms with Crippen LogP contribution in [-0.4, -0.2) is 90.1 Å². The second-order valence-corrected chi connectivity index (χ2v) is 9.45. The number of hydrogen-bond donors (Lipinski definition) is 1. The number of nitrogens with two attached hydrogens (primary N) is 1. The lowest BCUT2D eigenvalue weighted by molar-refractivity contribution is -0.126. The first kappa shape index (κ1) is 27.8. The van der Waals surface area contributed by atoms with Crippen LogP contribution in [0.4, 0.5) is 0 Å². The molecule has 17 heteroatoms. The molecule has 0 saturated heterocycles. The maximum atomic E-state index is 13.1. The van der Waals surface area contributed by atoms with Crippen molar-refractivity contribution < 1.29 is 31.7 Å². The van der Waals surface area contributed by atoms with Gasteiger partial charge in [0.25, 0.3) is 0 Å². The Kier molecular flexibility index (Phi) is 7.13. The molecule has 0 bridgehead atoms. The van der Waals surface area contributed by atoms with E-state index in [0.29, 0.717) is 0 Å². The summed E-state index contributed by atoms with van der Waals surface area (Å²) in [5, 5.41) is 0. The standard InChI is InChI=1S/C19H9B8NO7S/c1-33-17(30)6-2-4-7(5-3-6)18(25)15(29)14(16(28)34-18)35-36(31,32)19(26,27)8-9(20)11(22)13(24)12(23)10(8)21/h2-5H,28H2,1H3/t18-/m0/s1. The van der Waals surface area contributed by atoms with E-state index in [-0.39, 0.29) is 27.5 Å². The van der Waals surface area contributed by atoms with Crippen LogP contribution in [0.25, 0.3) is 0 Å². The number of ether oxygens (including phenoxy) is 2. The summed E-state index contributed by atoms with van der Waals surface area (Å²) in [6.07, 6.45) is 0. The van der Waals surface area contributed by atoms with Gasteiger partial charge in [-0.15, -0.1) is 27.3 Å². The first-order valence-corrected chi connectivity index (χ1v) is 11.2. The Labute approximate surface area is 218 Å². The number of carbonyl (C=O) groups is 2. The molecule has 3 rings (SSSR count). The fourth-order valence-electron chi connectivity index (χ4n) is 3.36. The third-order valence-corrected chi connectivity index (χ3v) is 6.89. The molecule has 2 N–H and O–H groups in total. The summed E-state index contributed by atoms with van der Waals surface area (Å²) in [4.78, 5) is 24.7. The molecule has 1 aliphatic rings. The van der Waals surface area contributed by atoms with Crippen LogP contribution < -0.4 is 33.0 Å². The molecule has 0 spiro atoms. The van der Waals surface area contributed by atoms with Crippen molar-refractivity contribution in [3.63, 3.8) is 0 Å². The Morgan fingerprint density at radius 1 is 0.972 bits per heavy atom. The van der Waals surface area contributed by atoms with Crippen LogP contribution in [-0.2, 0) is 38.6 Å². The maximum absolute atomic E-state index is 13.1. The van der Waals surface area contributed by atoms with Gasteiger partial charge in [-0.3, -0.25) is 4.79 Å². The fraction of sp³-hybridized carbons (Fsp3) is 0.158. The van der Waals surface area contributed by atoms with Crippen molar-refractivity contribution in [2.45, 2.75) is 10.0 Å². The van der Waals surface area contributed by atoms with Crippen LogP contribution in [0.3, 0.4) is 0 Å². The van der Waals surface area contributed by atoms with Crippen molar-refractivity contribution in [3.05, 3.63) is 52.6 Å². The van der Waals surface area contributed by atoms with E-state index in [4.69, 9.17) is 77.4 Å². The van der Waals surface area contributed by atoms with E-state index in [9.17, 15) is 18.0 Å². The van der Waals surface area contributed by atoms with E-state index in [0.717, 1.165) is 0 Å². The Hall–Kier alpha value is -2.81. The summed E-state index contributed by atoms with van der Waals surface area (Å²) in [6.45, 7) is 0. The zero-order valence-corrected chi connectivity index (χ0v) is 19.6. The first-order valence-electron chi connectivity index (χ1n) is 9.76. The van der Waals surface area contributed by atoms with Gasteiger partial charge in [0.1, 0.15) is 47.1 Å². The average Bonchev–Trinajstić information content (AvgIpc) is 3.04. The maximum Gasteiger partial charge on any atom is 0.337 e. The number of rotatable bonds is 6. The molecule has 2 aromatic carbocycles. The number of methoxy groups -OCH3 is 1. The Morgan fingerprint density at radius 2 is 1.44 bits per heavy atom. The zero-order valence-electron chi connectivity index (χ0n) is 18.8. The summed E-state index contributed by atoms with van der Waals surface area (Å²) in [5.41, 5.74) is 1.05. The second-order valence-electron chi connectivity index (χ2n) is 7.70. The lowest BCUT2D eigenvalue weighted by Crippen LogP contribution is -2.60. The van der Waals surface area contributed by atoms with Gasteiger partial charge in [-0.05, 0) is 17.7 Å². The summed E-state index contributed by atoms with van der Waals surface area (Å²) >= 11 is 0. The highest BCUT2D eigenvalue weighted by molar-refractivity contribution is 7.90. The highest BCUT2D eigenvalue weighted by Crippen LogP contribution is 2.37. The quantitative estimate of drug-likeness (QED) is 0.246. The van der Waals surface area contributed by atoms with Crippen LogP contribution in [0.15, 0.2) is 35.9 Å². The van der Waals surface area contributed by atoms with Crippen molar-refractivity contribution in [3.8, 4) is 0 Å². The van der Waals surface area contributed by atoms with Crippen LogP contribution >= 0.6 is 0 Å². The van der Waals surface area contributed by atoms with Gasteiger partial charge < -0.3 is 19.4 Å². The molecule has 0 saturated carbocycles. The third kappa shape index (κ3) is 4.21. The molecule has 2 aromatic rings. The van der Waals surface area contributed by atoms with Crippen LogP contribution in [0.5, 0.6) is 0 Å². The molecule has 1 atom stereocenters. The number of Topliss-reactive ketones (excluding diaryl/α,β-unsaturated/α-hetero) is 1. The molecule has 0 fully saturated rings. The molecule has 8 nitrogen and oxygen atoms in total. The van der Waals surface area contributed by atoms with Gasteiger partial charge in [0, 0.05) is 0 Å². The van der Waals surface area contributed by atoms with Gasteiger partial charge in [0.15, 0.2) is 5.50 Å². The number of esters is 1. The number of hydrogen-bond acceptors (Lipinski definition) is 8. The normalized spacial score (nSPS) is 18.1. The van der Waals surface area contributed by atoms with Crippen LogP contribution in [0, 0.1) is 0 Å². The first-order chi connectivity index (χ1) is 16.5. The number of benzene rings is 2. The van der Waals surface area contributed by atoms with Gasteiger partial charge in [-0.25, -0.2) is 4.79 Å². The fourth-order valence-corrected chi connectivity index (χ4v) is 4.35. The number of ketones is 1. The molecular formula is C19H9B8NO7S. The van der Waals surface area contributed by atoms with Gasteiger partial charge in [0.2, 0.25) is 17.4 Å². The van der Waals surface area contributed by atoms with Gasteiger partial charge in [-0.1, -0.05) is 17.7 Å². The van der Waals surface area contributed by atoms with E-state index < -0.39 is 60.0 Å². The summed E-state index contributed by atoms with van der Waals surface area (Å²) in [6, 6.07) is 5.13. The molecule has 36 heavy (non-hydrogen) atoms. The highest BCUT2D eigenvalue weighted by Gasteiger charge is 2.50. The zero-order chi connectivity index (χ0) is 27.4. The molecule has 1 heterocycles. The Morgan fingerprint density at radius 3 is 1.92 bits per heavy atom. The Bertz CT molecular complexity index is 1400. The SMILES string of the molecule is [B]c1c([B])c([B])c(C([B])([B])S(=O)(=O)OC2=C(N)O[C@@]([B])(c3ccc(C(=O)OC)cc3)C2=O)c([B])c1[B]. The van der Waals surface area contributed by atoms with Crippen LogP contribution in [0.2, 0.25) is 0 Å². The molecular weight excluding hydrogens is 473 g/mol. The van der Waals surface area contributed by atoms with Crippen molar-refractivity contribution in [1.29, 1.82) is 0 Å². The highest BCUT2D eigenvalue weighted by atomic mass is 32.2. The van der Waals surface area contributed by atoms with Crippen molar-refractivity contribution in [2.75, 3.05) is 7.11 Å². The van der Waals surface area contributed by atoms with E-state index in [2.05, 4.69) is 4.74 Å². The summed E-state index contributed by atoms with van der Waals surface area (Å²) in [7, 11) is 42.7. The van der Waals surface area contributed by atoms with Crippen LogP contribution in [0.1, 0.15) is 21.5 Å². The average molecular weight is 482 g/mol. The Balaban J connectivity index is 2.00. The molecule has 0 amide bonds. The number of carbonyl (C=O) groups excluding carboxylic acids is 2. The van der Waals surface area contributed by atoms with E-state index >= 15 is 0 Å². The van der Waals surface area contributed by atoms with Crippen molar-refractivity contribution in [2.24, 2.45) is 5.73 Å². The lowest BCUT2D eigenvalue weighted by atomic mass is 9.53. The second kappa shape index (κ2) is 9.25. The molecule has 1 aliphatic heterocycles.